The van der Waals surface area contributed by atoms with Crippen LogP contribution >= 0.6 is 22.6 Å². The fraction of sp³-hybridized carbons (Fsp3) is 0.565. The number of carbonyl (C=O) groups excluding carboxylic acids is 1. The number of aryl methyl sites for hydroxylation is 1. The minimum absolute atomic E-state index is 0.185. The van der Waals surface area contributed by atoms with E-state index in [1.165, 1.54) is 5.56 Å². The number of amides is 1. The summed E-state index contributed by atoms with van der Waals surface area (Å²) in [6.45, 7) is 12.8. The van der Waals surface area contributed by atoms with E-state index in [9.17, 15) is 4.79 Å². The van der Waals surface area contributed by atoms with Crippen molar-refractivity contribution in [2.75, 3.05) is 6.54 Å². The van der Waals surface area contributed by atoms with Gasteiger partial charge in [-0.2, -0.15) is 10.2 Å². The second-order valence-electron chi connectivity index (χ2n) is 9.80. The molecule has 1 amide bonds. The fourth-order valence-electron chi connectivity index (χ4n) is 4.45. The standard InChI is InChI=1S/C23H31IN6O2/c1-13(2)18-14(3)30(26-20(18)24)17-11-15-12-28(7)27-21(15)25-19(17)16-9-8-10-29(16)22(31)32-23(4,5)6/h11-13,16H,8-10H2,1-7H3. The van der Waals surface area contributed by atoms with E-state index in [2.05, 4.69) is 54.5 Å². The Balaban J connectivity index is 1.88. The largest absolute Gasteiger partial charge is 0.444 e. The highest BCUT2D eigenvalue weighted by molar-refractivity contribution is 14.1. The van der Waals surface area contributed by atoms with Crippen LogP contribution in [0.1, 0.15) is 76.4 Å². The second-order valence-corrected chi connectivity index (χ2v) is 10.8. The van der Waals surface area contributed by atoms with E-state index < -0.39 is 5.60 Å². The molecule has 9 heteroatoms. The van der Waals surface area contributed by atoms with Crippen molar-refractivity contribution in [3.63, 3.8) is 0 Å². The SMILES string of the molecule is Cc1c(C(C)C)c(I)nn1-c1cc2cn(C)nc2nc1C1CCCN1C(=O)OC(C)(C)C. The summed E-state index contributed by atoms with van der Waals surface area (Å²) >= 11 is 2.31. The molecule has 0 N–H and O–H groups in total. The van der Waals surface area contributed by atoms with Crippen molar-refractivity contribution in [3.05, 3.63) is 32.9 Å². The first kappa shape index (κ1) is 23.0. The number of fused-ring (bicyclic) bond motifs is 1. The lowest BCUT2D eigenvalue weighted by molar-refractivity contribution is 0.0221. The third kappa shape index (κ3) is 4.23. The number of pyridine rings is 1. The van der Waals surface area contributed by atoms with E-state index in [1.54, 1.807) is 9.58 Å². The Bertz CT molecular complexity index is 1170. The van der Waals surface area contributed by atoms with Crippen molar-refractivity contribution in [1.29, 1.82) is 0 Å². The first-order valence-electron chi connectivity index (χ1n) is 11.1. The quantitative estimate of drug-likeness (QED) is 0.416. The van der Waals surface area contributed by atoms with Gasteiger partial charge < -0.3 is 4.74 Å². The van der Waals surface area contributed by atoms with E-state index in [0.29, 0.717) is 18.1 Å². The Morgan fingerprint density at radius 3 is 2.62 bits per heavy atom. The summed E-state index contributed by atoms with van der Waals surface area (Å²) in [5, 5.41) is 10.3. The van der Waals surface area contributed by atoms with Gasteiger partial charge in [-0.3, -0.25) is 9.58 Å². The summed E-state index contributed by atoms with van der Waals surface area (Å²) in [7, 11) is 1.89. The van der Waals surface area contributed by atoms with E-state index in [-0.39, 0.29) is 12.1 Å². The summed E-state index contributed by atoms with van der Waals surface area (Å²) in [6.07, 6.45) is 3.39. The zero-order valence-corrected chi connectivity index (χ0v) is 22.0. The molecule has 1 unspecified atom stereocenters. The smallest absolute Gasteiger partial charge is 0.410 e. The maximum atomic E-state index is 13.0. The molecule has 0 aliphatic carbocycles. The number of hydrogen-bond donors (Lipinski definition) is 0. The minimum Gasteiger partial charge on any atom is -0.444 e. The van der Waals surface area contributed by atoms with Crippen LogP contribution in [0.3, 0.4) is 0 Å². The lowest BCUT2D eigenvalue weighted by Gasteiger charge is -2.29. The van der Waals surface area contributed by atoms with E-state index in [0.717, 1.165) is 39.0 Å². The molecule has 172 valence electrons. The van der Waals surface area contributed by atoms with Gasteiger partial charge in [-0.05, 0) is 75.1 Å². The van der Waals surface area contributed by atoms with Crippen LogP contribution in [0.4, 0.5) is 4.79 Å². The Hall–Kier alpha value is -2.17. The Kier molecular flexibility index (Phi) is 5.98. The van der Waals surface area contributed by atoms with Crippen LogP contribution in [-0.4, -0.2) is 47.7 Å². The van der Waals surface area contributed by atoms with Gasteiger partial charge in [0.05, 0.1) is 17.4 Å². The Morgan fingerprint density at radius 1 is 1.28 bits per heavy atom. The highest BCUT2D eigenvalue weighted by atomic mass is 127. The number of hydrogen-bond acceptors (Lipinski definition) is 5. The first-order chi connectivity index (χ1) is 15.0. The van der Waals surface area contributed by atoms with Crippen molar-refractivity contribution in [2.45, 2.75) is 71.9 Å². The molecule has 0 bridgehead atoms. The van der Waals surface area contributed by atoms with Crippen molar-refractivity contribution in [1.82, 2.24) is 29.4 Å². The molecule has 3 aromatic rings. The van der Waals surface area contributed by atoms with Crippen LogP contribution in [0.5, 0.6) is 0 Å². The molecule has 0 saturated carbocycles. The molecule has 0 radical (unpaired) electrons. The zero-order valence-electron chi connectivity index (χ0n) is 19.8. The number of aromatic nitrogens is 5. The zero-order chi connectivity index (χ0) is 23.4. The maximum Gasteiger partial charge on any atom is 0.410 e. The van der Waals surface area contributed by atoms with Gasteiger partial charge in [0.25, 0.3) is 0 Å². The number of rotatable bonds is 3. The van der Waals surface area contributed by atoms with Crippen LogP contribution in [0, 0.1) is 10.6 Å². The van der Waals surface area contributed by atoms with E-state index in [1.807, 2.05) is 38.7 Å². The summed E-state index contributed by atoms with van der Waals surface area (Å²) in [4.78, 5) is 19.8. The monoisotopic (exact) mass is 550 g/mol. The van der Waals surface area contributed by atoms with Crippen LogP contribution in [0.15, 0.2) is 12.3 Å². The van der Waals surface area contributed by atoms with Crippen molar-refractivity contribution in [2.24, 2.45) is 7.05 Å². The number of nitrogens with zero attached hydrogens (tertiary/aromatic N) is 6. The van der Waals surface area contributed by atoms with Gasteiger partial charge in [0.15, 0.2) is 5.65 Å². The van der Waals surface area contributed by atoms with E-state index >= 15 is 0 Å². The van der Waals surface area contributed by atoms with Gasteiger partial charge in [-0.25, -0.2) is 14.5 Å². The molecule has 0 aromatic carbocycles. The summed E-state index contributed by atoms with van der Waals surface area (Å²) in [5.41, 5.74) is 4.17. The van der Waals surface area contributed by atoms with Crippen LogP contribution in [0.2, 0.25) is 0 Å². The van der Waals surface area contributed by atoms with Crippen LogP contribution in [-0.2, 0) is 11.8 Å². The molecule has 4 rings (SSSR count). The molecule has 1 atom stereocenters. The van der Waals surface area contributed by atoms with Crippen molar-refractivity contribution < 1.29 is 9.53 Å². The predicted octanol–water partition coefficient (Wildman–Crippen LogP) is 5.26. The predicted molar refractivity (Wildman–Crippen MR) is 132 cm³/mol. The molecule has 8 nitrogen and oxygen atoms in total. The van der Waals surface area contributed by atoms with Crippen LogP contribution in [0.25, 0.3) is 16.7 Å². The first-order valence-corrected chi connectivity index (χ1v) is 12.1. The maximum absolute atomic E-state index is 13.0. The topological polar surface area (TPSA) is 78.1 Å². The average molecular weight is 550 g/mol. The second kappa shape index (κ2) is 8.31. The number of halogens is 1. The summed E-state index contributed by atoms with van der Waals surface area (Å²) in [5.74, 6) is 0.360. The van der Waals surface area contributed by atoms with Gasteiger partial charge in [0, 0.05) is 36.4 Å². The third-order valence-corrected chi connectivity index (χ3v) is 6.53. The highest BCUT2D eigenvalue weighted by Gasteiger charge is 2.36. The average Bonchev–Trinajstić information content (AvgIpc) is 3.34. The molecule has 4 heterocycles. The molecular formula is C23H31IN6O2. The molecule has 3 aromatic heterocycles. The van der Waals surface area contributed by atoms with Gasteiger partial charge in [0.1, 0.15) is 9.30 Å². The molecule has 1 aliphatic rings. The normalized spacial score (nSPS) is 17.0. The number of ether oxygens (including phenoxy) is 1. The molecule has 1 fully saturated rings. The van der Waals surface area contributed by atoms with Crippen LogP contribution < -0.4 is 0 Å². The molecule has 0 spiro atoms. The van der Waals surface area contributed by atoms with E-state index in [4.69, 9.17) is 14.8 Å². The number of likely N-dealkylation sites (tertiary alicyclic amines) is 1. The fourth-order valence-corrected chi connectivity index (χ4v) is 5.68. The Labute approximate surface area is 202 Å². The van der Waals surface area contributed by atoms with Gasteiger partial charge in [0.2, 0.25) is 0 Å². The van der Waals surface area contributed by atoms with Crippen molar-refractivity contribution in [3.8, 4) is 5.69 Å². The number of carbonyl (C=O) groups is 1. The molecule has 32 heavy (non-hydrogen) atoms. The highest BCUT2D eigenvalue weighted by Crippen LogP contribution is 2.37. The summed E-state index contributed by atoms with van der Waals surface area (Å²) < 4.78 is 10.4. The molecular weight excluding hydrogens is 519 g/mol. The molecule has 1 aliphatic heterocycles. The van der Waals surface area contributed by atoms with Gasteiger partial charge in [-0.1, -0.05) is 13.8 Å². The third-order valence-electron chi connectivity index (χ3n) is 5.74. The van der Waals surface area contributed by atoms with Gasteiger partial charge in [-0.15, -0.1) is 0 Å². The van der Waals surface area contributed by atoms with Crippen molar-refractivity contribution >= 4 is 39.7 Å². The van der Waals surface area contributed by atoms with Gasteiger partial charge >= 0.3 is 6.09 Å². The Morgan fingerprint density at radius 2 is 2.00 bits per heavy atom. The minimum atomic E-state index is -0.549. The lowest BCUT2D eigenvalue weighted by atomic mass is 10.0. The summed E-state index contributed by atoms with van der Waals surface area (Å²) in [6, 6.07) is 1.91. The lowest BCUT2D eigenvalue weighted by Crippen LogP contribution is -2.37. The molecule has 1 saturated heterocycles.